The Kier molecular flexibility index (Phi) is 4.72. The van der Waals surface area contributed by atoms with E-state index in [0.717, 1.165) is 24.3 Å². The first kappa shape index (κ1) is 17.4. The summed E-state index contributed by atoms with van der Waals surface area (Å²) in [5.41, 5.74) is 4.99. The van der Waals surface area contributed by atoms with Gasteiger partial charge in [-0.2, -0.15) is 10.2 Å². The number of aromatic amines is 1. The molecule has 1 aliphatic rings. The number of hydrogen-bond donors (Lipinski definition) is 2. The van der Waals surface area contributed by atoms with Crippen molar-refractivity contribution in [2.75, 3.05) is 13.2 Å². The molecule has 0 spiro atoms. The number of fused-ring (bicyclic) bond motifs is 1. The maximum atomic E-state index is 13.1. The average Bonchev–Trinajstić information content (AvgIpc) is 3.28. The molecule has 1 aromatic carbocycles. The van der Waals surface area contributed by atoms with Gasteiger partial charge < -0.3 is 10.1 Å². The molecule has 0 saturated heterocycles. The van der Waals surface area contributed by atoms with E-state index in [0.29, 0.717) is 36.4 Å². The topological polar surface area (TPSA) is 84.8 Å². The minimum atomic E-state index is -0.327. The zero-order chi connectivity index (χ0) is 18.8. The molecule has 140 valence electrons. The molecule has 27 heavy (non-hydrogen) atoms. The summed E-state index contributed by atoms with van der Waals surface area (Å²) < 4.78 is 20.5. The molecular weight excluding hydrogens is 349 g/mol. The highest BCUT2D eigenvalue weighted by molar-refractivity contribution is 5.99. The molecule has 0 saturated carbocycles. The van der Waals surface area contributed by atoms with Crippen molar-refractivity contribution in [3.8, 4) is 11.3 Å². The summed E-state index contributed by atoms with van der Waals surface area (Å²) in [5.74, 6) is -0.559. The number of H-pyrrole nitrogens is 1. The molecule has 0 unspecified atom stereocenters. The Bertz CT molecular complexity index is 961. The zero-order valence-corrected chi connectivity index (χ0v) is 15.0. The summed E-state index contributed by atoms with van der Waals surface area (Å²) >= 11 is 0. The van der Waals surface area contributed by atoms with Crippen molar-refractivity contribution < 1.29 is 13.9 Å². The van der Waals surface area contributed by atoms with Crippen LogP contribution >= 0.6 is 0 Å². The monoisotopic (exact) mass is 369 g/mol. The number of amides is 1. The largest absolute Gasteiger partial charge is 0.376 e. The first-order valence-corrected chi connectivity index (χ1v) is 8.82. The van der Waals surface area contributed by atoms with Crippen LogP contribution in [0.2, 0.25) is 0 Å². The van der Waals surface area contributed by atoms with Crippen LogP contribution in [0.5, 0.6) is 0 Å². The third-order valence-electron chi connectivity index (χ3n) is 4.75. The molecule has 0 radical (unpaired) electrons. The van der Waals surface area contributed by atoms with Crippen molar-refractivity contribution in [3.05, 3.63) is 58.8 Å². The summed E-state index contributed by atoms with van der Waals surface area (Å²) in [6.45, 7) is 1.74. The number of nitrogens with one attached hydrogen (secondary N) is 2. The van der Waals surface area contributed by atoms with E-state index in [1.165, 1.54) is 24.0 Å². The minimum Gasteiger partial charge on any atom is -0.376 e. The summed E-state index contributed by atoms with van der Waals surface area (Å²) in [5, 5.41) is 14.2. The van der Waals surface area contributed by atoms with Crippen LogP contribution in [0.25, 0.3) is 11.3 Å². The third-order valence-corrected chi connectivity index (χ3v) is 4.75. The lowest BCUT2D eigenvalue weighted by Crippen LogP contribution is -2.26. The Morgan fingerprint density at radius 1 is 1.37 bits per heavy atom. The van der Waals surface area contributed by atoms with Crippen LogP contribution in [-0.4, -0.2) is 39.0 Å². The Morgan fingerprint density at radius 2 is 2.19 bits per heavy atom. The number of benzene rings is 1. The highest BCUT2D eigenvalue weighted by Crippen LogP contribution is 2.22. The summed E-state index contributed by atoms with van der Waals surface area (Å²) in [4.78, 5) is 12.6. The molecule has 1 amide bonds. The van der Waals surface area contributed by atoms with Crippen LogP contribution < -0.4 is 5.32 Å². The molecule has 0 bridgehead atoms. The fraction of sp³-hybridized carbons (Fsp3) is 0.316. The number of carbonyl (C=O) groups is 1. The standard InChI is InChI=1S/C19H20FN5O2/c1-25-17-7-9-27-11-15(17)16(24-25)6-8-21-19(26)14-10-22-23-18(14)12-2-4-13(20)5-3-12/h2-5,10H,6-9,11H2,1H3,(H,21,26)(H,22,23). The van der Waals surface area contributed by atoms with Crippen molar-refractivity contribution >= 4 is 5.91 Å². The van der Waals surface area contributed by atoms with Crippen LogP contribution in [-0.2, 0) is 31.2 Å². The smallest absolute Gasteiger partial charge is 0.255 e. The second kappa shape index (κ2) is 7.32. The predicted molar refractivity (Wildman–Crippen MR) is 96.6 cm³/mol. The second-order valence-corrected chi connectivity index (χ2v) is 6.47. The van der Waals surface area contributed by atoms with Gasteiger partial charge in [-0.1, -0.05) is 0 Å². The Labute approximate surface area is 155 Å². The van der Waals surface area contributed by atoms with Gasteiger partial charge in [0.25, 0.3) is 5.91 Å². The Hall–Kier alpha value is -3.00. The van der Waals surface area contributed by atoms with Gasteiger partial charge in [0.2, 0.25) is 0 Å². The van der Waals surface area contributed by atoms with E-state index < -0.39 is 0 Å². The predicted octanol–water partition coefficient (Wildman–Crippen LogP) is 1.99. The number of hydrogen-bond acceptors (Lipinski definition) is 4. The second-order valence-electron chi connectivity index (χ2n) is 6.47. The van der Waals surface area contributed by atoms with Gasteiger partial charge in [0.1, 0.15) is 5.82 Å². The van der Waals surface area contributed by atoms with Crippen LogP contribution in [0.3, 0.4) is 0 Å². The van der Waals surface area contributed by atoms with Gasteiger partial charge in [0.05, 0.1) is 36.4 Å². The molecule has 7 nitrogen and oxygen atoms in total. The Morgan fingerprint density at radius 3 is 3.00 bits per heavy atom. The van der Waals surface area contributed by atoms with E-state index in [1.54, 1.807) is 12.1 Å². The van der Waals surface area contributed by atoms with Gasteiger partial charge in [0.15, 0.2) is 0 Å². The number of halogens is 1. The molecule has 0 fully saturated rings. The highest BCUT2D eigenvalue weighted by atomic mass is 19.1. The lowest BCUT2D eigenvalue weighted by atomic mass is 10.1. The molecule has 8 heteroatoms. The molecular formula is C19H20FN5O2. The van der Waals surface area contributed by atoms with Crippen LogP contribution in [0.15, 0.2) is 30.5 Å². The zero-order valence-electron chi connectivity index (χ0n) is 15.0. The van der Waals surface area contributed by atoms with Gasteiger partial charge in [-0.05, 0) is 24.3 Å². The lowest BCUT2D eigenvalue weighted by molar-refractivity contribution is 0.0954. The van der Waals surface area contributed by atoms with E-state index in [2.05, 4.69) is 20.6 Å². The van der Waals surface area contributed by atoms with E-state index in [9.17, 15) is 9.18 Å². The number of rotatable bonds is 5. The van der Waals surface area contributed by atoms with Crippen molar-refractivity contribution in [1.82, 2.24) is 25.3 Å². The highest BCUT2D eigenvalue weighted by Gasteiger charge is 2.20. The Balaban J connectivity index is 1.42. The van der Waals surface area contributed by atoms with Gasteiger partial charge in [-0.15, -0.1) is 0 Å². The van der Waals surface area contributed by atoms with Crippen LogP contribution in [0.4, 0.5) is 4.39 Å². The number of carbonyl (C=O) groups excluding carboxylic acids is 1. The van der Waals surface area contributed by atoms with E-state index in [-0.39, 0.29) is 11.7 Å². The van der Waals surface area contributed by atoms with Gasteiger partial charge >= 0.3 is 0 Å². The van der Waals surface area contributed by atoms with E-state index >= 15 is 0 Å². The lowest BCUT2D eigenvalue weighted by Gasteiger charge is -2.13. The van der Waals surface area contributed by atoms with Gasteiger partial charge in [0, 0.05) is 43.3 Å². The fourth-order valence-corrected chi connectivity index (χ4v) is 3.37. The molecule has 2 N–H and O–H groups in total. The van der Waals surface area contributed by atoms with Crippen LogP contribution in [0, 0.1) is 5.82 Å². The van der Waals surface area contributed by atoms with Crippen molar-refractivity contribution in [2.45, 2.75) is 19.4 Å². The molecule has 2 aromatic heterocycles. The molecule has 0 atom stereocenters. The fourth-order valence-electron chi connectivity index (χ4n) is 3.37. The maximum Gasteiger partial charge on any atom is 0.255 e. The van der Waals surface area contributed by atoms with Crippen molar-refractivity contribution in [1.29, 1.82) is 0 Å². The average molecular weight is 369 g/mol. The SMILES string of the molecule is Cn1nc(CCNC(=O)c2cn[nH]c2-c2ccc(F)cc2)c2c1CCOC2. The third kappa shape index (κ3) is 3.48. The number of nitrogens with zero attached hydrogens (tertiary/aromatic N) is 3. The van der Waals surface area contributed by atoms with E-state index in [1.807, 2.05) is 11.7 Å². The summed E-state index contributed by atoms with van der Waals surface area (Å²) in [6, 6.07) is 5.92. The van der Waals surface area contributed by atoms with Crippen molar-refractivity contribution in [3.63, 3.8) is 0 Å². The maximum absolute atomic E-state index is 13.1. The summed E-state index contributed by atoms with van der Waals surface area (Å²) in [6.07, 6.45) is 2.97. The first-order valence-electron chi connectivity index (χ1n) is 8.82. The molecule has 3 aromatic rings. The first-order chi connectivity index (χ1) is 13.1. The molecule has 1 aliphatic heterocycles. The summed E-state index contributed by atoms with van der Waals surface area (Å²) in [7, 11) is 1.94. The van der Waals surface area contributed by atoms with Crippen molar-refractivity contribution in [2.24, 2.45) is 7.05 Å². The number of aromatic nitrogens is 4. The van der Waals surface area contributed by atoms with Gasteiger partial charge in [-0.25, -0.2) is 4.39 Å². The molecule has 3 heterocycles. The quantitative estimate of drug-likeness (QED) is 0.720. The number of ether oxygens (including phenoxy) is 1. The minimum absolute atomic E-state index is 0.232. The molecule has 4 rings (SSSR count). The molecule has 0 aliphatic carbocycles. The van der Waals surface area contributed by atoms with Gasteiger partial charge in [-0.3, -0.25) is 14.6 Å². The van der Waals surface area contributed by atoms with E-state index in [4.69, 9.17) is 4.74 Å². The van der Waals surface area contributed by atoms with Crippen LogP contribution in [0.1, 0.15) is 27.3 Å². The number of aryl methyl sites for hydroxylation is 1. The normalized spacial score (nSPS) is 13.4.